The summed E-state index contributed by atoms with van der Waals surface area (Å²) in [6, 6.07) is 0. The normalized spacial score (nSPS) is 22.0. The van der Waals surface area contributed by atoms with Crippen molar-refractivity contribution in [2.45, 2.75) is 37.2 Å². The molecule has 2 aliphatic rings. The second-order valence-electron chi connectivity index (χ2n) is 6.21. The van der Waals surface area contributed by atoms with Crippen molar-refractivity contribution in [2.24, 2.45) is 0 Å². The van der Waals surface area contributed by atoms with E-state index in [0.29, 0.717) is 11.3 Å². The number of esters is 1. The molecule has 1 aromatic rings. The second-order valence-corrected chi connectivity index (χ2v) is 8.48. The zero-order valence-corrected chi connectivity index (χ0v) is 15.8. The maximum atomic E-state index is 12.5. The van der Waals surface area contributed by atoms with Crippen LogP contribution in [-0.4, -0.2) is 52.3 Å². The molecule has 130 valence electrons. The first-order valence-electron chi connectivity index (χ1n) is 8.10. The largest absolute Gasteiger partial charge is 0.459 e. The van der Waals surface area contributed by atoms with Crippen molar-refractivity contribution in [3.63, 3.8) is 0 Å². The van der Waals surface area contributed by atoms with E-state index in [1.807, 2.05) is 31.5 Å². The molecule has 3 heterocycles. The van der Waals surface area contributed by atoms with Crippen LogP contribution in [0.25, 0.3) is 5.70 Å². The summed E-state index contributed by atoms with van der Waals surface area (Å²) in [7, 11) is 0. The van der Waals surface area contributed by atoms with Crippen molar-refractivity contribution in [1.29, 1.82) is 0 Å². The van der Waals surface area contributed by atoms with Gasteiger partial charge in [-0.1, -0.05) is 0 Å². The fraction of sp³-hybridized carbons (Fsp3) is 0.529. The van der Waals surface area contributed by atoms with E-state index in [1.54, 1.807) is 29.6 Å². The monoisotopic (exact) mass is 366 g/mol. The number of hydrogen-bond donors (Lipinski definition) is 1. The molecule has 0 amide bonds. The first-order chi connectivity index (χ1) is 11.5. The molecule has 3 rings (SSSR count). The van der Waals surface area contributed by atoms with Crippen molar-refractivity contribution >= 4 is 41.0 Å². The van der Waals surface area contributed by atoms with Crippen LogP contribution < -0.4 is 5.32 Å². The quantitative estimate of drug-likeness (QED) is 0.653. The summed E-state index contributed by atoms with van der Waals surface area (Å²) in [5.74, 6) is 1.53. The minimum Gasteiger partial charge on any atom is -0.459 e. The van der Waals surface area contributed by atoms with Gasteiger partial charge in [0.1, 0.15) is 0 Å². The molecule has 1 N–H and O–H groups in total. The Hall–Kier alpha value is -1.18. The molecule has 1 aromatic heterocycles. The highest BCUT2D eigenvalue weighted by Gasteiger charge is 2.29. The van der Waals surface area contributed by atoms with Crippen LogP contribution in [0.2, 0.25) is 0 Å². The average molecular weight is 367 g/mol. The maximum Gasteiger partial charge on any atom is 0.341 e. The van der Waals surface area contributed by atoms with E-state index >= 15 is 0 Å². The third-order valence-corrected chi connectivity index (χ3v) is 6.27. The van der Waals surface area contributed by atoms with Crippen molar-refractivity contribution in [2.75, 3.05) is 24.6 Å². The molecule has 0 saturated carbocycles. The number of aryl methyl sites for hydroxylation is 1. The molecular formula is C17H22N2O3S2. The Kier molecular flexibility index (Phi) is 5.42. The van der Waals surface area contributed by atoms with Crippen LogP contribution in [0.5, 0.6) is 0 Å². The maximum absolute atomic E-state index is 12.5. The lowest BCUT2D eigenvalue weighted by molar-refractivity contribution is -0.114. The predicted molar refractivity (Wildman–Crippen MR) is 98.8 cm³/mol. The number of hydrogen-bond acceptors (Lipinski definition) is 6. The minimum atomic E-state index is -0.289. The van der Waals surface area contributed by atoms with Crippen LogP contribution in [0.15, 0.2) is 17.3 Å². The molecule has 0 spiro atoms. The van der Waals surface area contributed by atoms with Gasteiger partial charge in [0.05, 0.1) is 21.9 Å². The molecule has 1 unspecified atom stereocenters. The smallest absolute Gasteiger partial charge is 0.341 e. The lowest BCUT2D eigenvalue weighted by Gasteiger charge is -2.20. The highest BCUT2D eigenvalue weighted by molar-refractivity contribution is 8.00. The predicted octanol–water partition coefficient (Wildman–Crippen LogP) is 2.58. The number of aromatic nitrogens is 1. The molecule has 0 aliphatic carbocycles. The summed E-state index contributed by atoms with van der Waals surface area (Å²) in [5.41, 5.74) is 2.45. The van der Waals surface area contributed by atoms with E-state index in [1.165, 1.54) is 0 Å². The molecule has 0 aromatic carbocycles. The molecule has 24 heavy (non-hydrogen) atoms. The van der Waals surface area contributed by atoms with Crippen LogP contribution in [0.1, 0.15) is 29.8 Å². The Morgan fingerprint density at radius 3 is 2.92 bits per heavy atom. The van der Waals surface area contributed by atoms with Gasteiger partial charge in [-0.2, -0.15) is 0 Å². The number of nitrogens with one attached hydrogen (secondary N) is 1. The van der Waals surface area contributed by atoms with Crippen molar-refractivity contribution in [1.82, 2.24) is 9.88 Å². The van der Waals surface area contributed by atoms with E-state index in [0.717, 1.165) is 35.1 Å². The fourth-order valence-corrected chi connectivity index (χ4v) is 5.03. The van der Waals surface area contributed by atoms with Gasteiger partial charge in [0.2, 0.25) is 0 Å². The molecule has 0 radical (unpaired) electrons. The zero-order valence-electron chi connectivity index (χ0n) is 14.1. The number of thioether (sulfide) groups is 2. The van der Waals surface area contributed by atoms with Gasteiger partial charge in [0, 0.05) is 42.6 Å². The molecule has 1 saturated heterocycles. The summed E-state index contributed by atoms with van der Waals surface area (Å²) in [6.07, 6.45) is 3.52. The SMILES string of the molecule is Cc1cn2c(c1C(=O)OC(C)C)SC/C2=C\C(=O)C1CNCCS1. The van der Waals surface area contributed by atoms with E-state index in [4.69, 9.17) is 4.74 Å². The molecule has 1 atom stereocenters. The Labute approximate surface area is 150 Å². The summed E-state index contributed by atoms with van der Waals surface area (Å²) in [5, 5.41) is 4.13. The zero-order chi connectivity index (χ0) is 17.3. The topological polar surface area (TPSA) is 60.3 Å². The molecule has 1 fully saturated rings. The van der Waals surface area contributed by atoms with E-state index in [2.05, 4.69) is 5.32 Å². The van der Waals surface area contributed by atoms with Crippen molar-refractivity contribution in [3.05, 3.63) is 23.4 Å². The lowest BCUT2D eigenvalue weighted by atomic mass is 10.2. The third kappa shape index (κ3) is 3.58. The number of allylic oxidation sites excluding steroid dienone is 1. The Morgan fingerprint density at radius 1 is 1.46 bits per heavy atom. The number of fused-ring (bicyclic) bond motifs is 1. The van der Waals surface area contributed by atoms with Gasteiger partial charge in [-0.25, -0.2) is 4.79 Å². The number of ketones is 1. The molecule has 7 heteroatoms. The number of nitrogens with zero attached hydrogens (tertiary/aromatic N) is 1. The lowest BCUT2D eigenvalue weighted by Crippen LogP contribution is -2.36. The van der Waals surface area contributed by atoms with Crippen LogP contribution in [0.3, 0.4) is 0 Å². The highest BCUT2D eigenvalue weighted by Crippen LogP contribution is 2.38. The van der Waals surface area contributed by atoms with E-state index < -0.39 is 0 Å². The molecule has 0 bridgehead atoms. The second kappa shape index (κ2) is 7.37. The van der Waals surface area contributed by atoms with Gasteiger partial charge < -0.3 is 14.6 Å². The van der Waals surface area contributed by atoms with Gasteiger partial charge in [-0.15, -0.1) is 23.5 Å². The van der Waals surface area contributed by atoms with E-state index in [-0.39, 0.29) is 23.1 Å². The Balaban J connectivity index is 1.83. The minimum absolute atomic E-state index is 0.0117. The van der Waals surface area contributed by atoms with Crippen LogP contribution >= 0.6 is 23.5 Å². The van der Waals surface area contributed by atoms with Gasteiger partial charge in [0.15, 0.2) is 5.78 Å². The highest BCUT2D eigenvalue weighted by atomic mass is 32.2. The first kappa shape index (κ1) is 17.6. The number of rotatable bonds is 4. The summed E-state index contributed by atoms with van der Waals surface area (Å²) < 4.78 is 7.32. The first-order valence-corrected chi connectivity index (χ1v) is 10.1. The van der Waals surface area contributed by atoms with Gasteiger partial charge >= 0.3 is 5.97 Å². The van der Waals surface area contributed by atoms with Crippen LogP contribution in [-0.2, 0) is 9.53 Å². The van der Waals surface area contributed by atoms with Gasteiger partial charge in [-0.05, 0) is 26.3 Å². The Morgan fingerprint density at radius 2 is 2.25 bits per heavy atom. The van der Waals surface area contributed by atoms with Gasteiger partial charge in [-0.3, -0.25) is 4.79 Å². The molecule has 2 aliphatic heterocycles. The summed E-state index contributed by atoms with van der Waals surface area (Å²) in [4.78, 5) is 24.8. The van der Waals surface area contributed by atoms with E-state index in [9.17, 15) is 9.59 Å². The summed E-state index contributed by atoms with van der Waals surface area (Å²) >= 11 is 3.30. The van der Waals surface area contributed by atoms with Gasteiger partial charge in [0.25, 0.3) is 0 Å². The van der Waals surface area contributed by atoms with Crippen LogP contribution in [0.4, 0.5) is 0 Å². The molecule has 5 nitrogen and oxygen atoms in total. The fourth-order valence-electron chi connectivity index (χ4n) is 2.81. The number of carbonyl (C=O) groups is 2. The third-order valence-electron chi connectivity index (χ3n) is 3.92. The summed E-state index contributed by atoms with van der Waals surface area (Å²) in [6.45, 7) is 7.28. The molecular weight excluding hydrogens is 344 g/mol. The number of carbonyl (C=O) groups excluding carboxylic acids is 2. The van der Waals surface area contributed by atoms with Crippen molar-refractivity contribution < 1.29 is 14.3 Å². The van der Waals surface area contributed by atoms with Crippen LogP contribution in [0, 0.1) is 6.92 Å². The van der Waals surface area contributed by atoms with Crippen molar-refractivity contribution in [3.8, 4) is 0 Å². The Bertz CT molecular complexity index is 688. The average Bonchev–Trinajstić information content (AvgIpc) is 3.06. The number of ether oxygens (including phenoxy) is 1. The standard InChI is InChI=1S/C17H22N2O3S2/c1-10(2)22-17(21)15-11(3)8-19-12(9-24-16(15)19)6-13(20)14-7-18-4-5-23-14/h6,8,10,14,18H,4-5,7,9H2,1-3H3/b12-6+.